The van der Waals surface area contributed by atoms with Gasteiger partial charge < -0.3 is 15.0 Å². The average Bonchev–Trinajstić information content (AvgIpc) is 3.46. The fraction of sp³-hybridized carbons (Fsp3) is 0.643. The highest BCUT2D eigenvalue weighted by atomic mass is 32.1. The second-order valence-corrected chi connectivity index (χ2v) is 12.2. The molecule has 0 bridgehead atoms. The molecule has 4 heterocycles. The van der Waals surface area contributed by atoms with Gasteiger partial charge in [-0.05, 0) is 87.5 Å². The van der Waals surface area contributed by atoms with Gasteiger partial charge >= 0.3 is 0 Å². The summed E-state index contributed by atoms with van der Waals surface area (Å²) in [5.74, 6) is 0.724. The smallest absolute Gasteiger partial charge is 0.253 e. The summed E-state index contributed by atoms with van der Waals surface area (Å²) in [7, 11) is 0. The first kappa shape index (κ1) is 22.7. The lowest BCUT2D eigenvalue weighted by Crippen LogP contribution is -2.54. The molecule has 4 aliphatic rings. The van der Waals surface area contributed by atoms with Gasteiger partial charge in [0.25, 0.3) is 5.91 Å². The Morgan fingerprint density at radius 2 is 2.18 bits per heavy atom. The number of thiophene rings is 1. The second-order valence-electron chi connectivity index (χ2n) is 11.0. The summed E-state index contributed by atoms with van der Waals surface area (Å²) in [6.07, 6.45) is 11.6. The fourth-order valence-electron chi connectivity index (χ4n) is 6.70. The van der Waals surface area contributed by atoms with Crippen LogP contribution in [0.4, 0.5) is 0 Å². The molecule has 2 atom stereocenters. The number of aryl methyl sites for hydroxylation is 3. The van der Waals surface area contributed by atoms with Gasteiger partial charge in [-0.15, -0.1) is 11.3 Å². The summed E-state index contributed by atoms with van der Waals surface area (Å²) < 4.78 is 6.51. The maximum atomic E-state index is 12.7. The maximum Gasteiger partial charge on any atom is 0.253 e. The Balaban J connectivity index is 1.01. The molecule has 2 aromatic heterocycles. The molecule has 1 saturated carbocycles. The van der Waals surface area contributed by atoms with Crippen LogP contribution in [0.25, 0.3) is 0 Å². The fourth-order valence-corrected chi connectivity index (χ4v) is 7.88. The molecule has 1 unspecified atom stereocenters. The van der Waals surface area contributed by atoms with Crippen LogP contribution in [0.1, 0.15) is 82.9 Å². The van der Waals surface area contributed by atoms with Crippen LogP contribution in [0.15, 0.2) is 18.3 Å². The van der Waals surface area contributed by atoms with Crippen molar-refractivity contribution in [2.24, 2.45) is 5.92 Å². The van der Waals surface area contributed by atoms with Crippen molar-refractivity contribution in [3.63, 3.8) is 0 Å². The molecule has 2 aromatic rings. The molecule has 2 fully saturated rings. The Morgan fingerprint density at radius 1 is 1.29 bits per heavy atom. The number of hydrogen-bond acceptors (Lipinski definition) is 5. The molecule has 2 aliphatic heterocycles. The van der Waals surface area contributed by atoms with Crippen LogP contribution in [0.5, 0.6) is 0 Å². The summed E-state index contributed by atoms with van der Waals surface area (Å²) in [6, 6.07) is 5.33. The molecule has 0 radical (unpaired) electrons. The SMILES string of the molecule is CCc1cc2c(s1)CCO[C@@]21CCN(CC2CC(NC(=O)c3cnc4c(c3)CCC4)C2)C(C)C1. The number of amides is 1. The molecule has 1 N–H and O–H groups in total. The molecule has 1 spiro atoms. The van der Waals surface area contributed by atoms with Crippen molar-refractivity contribution in [3.05, 3.63) is 50.5 Å². The minimum atomic E-state index is -0.0621. The number of ether oxygens (including phenoxy) is 1. The molecule has 6 rings (SSSR count). The van der Waals surface area contributed by atoms with E-state index in [-0.39, 0.29) is 11.5 Å². The zero-order valence-electron chi connectivity index (χ0n) is 20.6. The van der Waals surface area contributed by atoms with Crippen LogP contribution in [0.2, 0.25) is 0 Å². The first-order chi connectivity index (χ1) is 16.5. The number of hydrogen-bond donors (Lipinski definition) is 1. The van der Waals surface area contributed by atoms with Crippen LogP contribution < -0.4 is 5.32 Å². The Kier molecular flexibility index (Phi) is 6.03. The van der Waals surface area contributed by atoms with Crippen LogP contribution in [0.3, 0.4) is 0 Å². The zero-order valence-corrected chi connectivity index (χ0v) is 21.4. The van der Waals surface area contributed by atoms with Crippen LogP contribution in [-0.2, 0) is 36.0 Å². The minimum Gasteiger partial charge on any atom is -0.370 e. The quantitative estimate of drug-likeness (QED) is 0.678. The van der Waals surface area contributed by atoms with Crippen LogP contribution in [0, 0.1) is 5.92 Å². The van der Waals surface area contributed by atoms with E-state index < -0.39 is 0 Å². The van der Waals surface area contributed by atoms with Crippen molar-refractivity contribution in [2.75, 3.05) is 19.7 Å². The van der Waals surface area contributed by atoms with Gasteiger partial charge in [-0.2, -0.15) is 0 Å². The van der Waals surface area contributed by atoms with E-state index in [1.807, 2.05) is 11.3 Å². The number of carbonyl (C=O) groups excluding carboxylic acids is 1. The molecule has 6 heteroatoms. The monoisotopic (exact) mass is 479 g/mol. The van der Waals surface area contributed by atoms with E-state index >= 15 is 0 Å². The highest BCUT2D eigenvalue weighted by Crippen LogP contribution is 2.46. The summed E-state index contributed by atoms with van der Waals surface area (Å²) >= 11 is 2.01. The molecule has 182 valence electrons. The number of likely N-dealkylation sites (tertiary alicyclic amines) is 1. The Bertz CT molecular complexity index is 1080. The standard InChI is InChI=1S/C28H37N3O2S/c1-3-23-14-24-26(34-23)7-10-33-28(24)8-9-31(18(2)15-28)17-19-11-22(12-19)30-27(32)21-13-20-5-4-6-25(20)29-16-21/h13-14,16,18-19,22H,3-12,15,17H2,1-2H3,(H,30,32)/t18?,19?,22?,28-/m1/s1. The molecule has 0 aromatic carbocycles. The first-order valence-electron chi connectivity index (χ1n) is 13.3. The normalized spacial score (nSPS) is 30.6. The average molecular weight is 480 g/mol. The summed E-state index contributed by atoms with van der Waals surface area (Å²) in [4.78, 5) is 23.0. The van der Waals surface area contributed by atoms with Crippen molar-refractivity contribution >= 4 is 17.2 Å². The van der Waals surface area contributed by atoms with Crippen molar-refractivity contribution in [1.82, 2.24) is 15.2 Å². The van der Waals surface area contributed by atoms with Crippen molar-refractivity contribution in [1.29, 1.82) is 0 Å². The molecule has 5 nitrogen and oxygen atoms in total. The predicted molar refractivity (Wildman–Crippen MR) is 136 cm³/mol. The summed E-state index contributed by atoms with van der Waals surface area (Å²) in [5, 5.41) is 3.25. The topological polar surface area (TPSA) is 54.5 Å². The largest absolute Gasteiger partial charge is 0.370 e. The number of piperidine rings is 1. The van der Waals surface area contributed by atoms with E-state index in [4.69, 9.17) is 4.74 Å². The summed E-state index contributed by atoms with van der Waals surface area (Å²) in [6.45, 7) is 7.75. The van der Waals surface area contributed by atoms with E-state index in [2.05, 4.69) is 41.2 Å². The molecule has 1 saturated heterocycles. The predicted octanol–water partition coefficient (Wildman–Crippen LogP) is 4.66. The van der Waals surface area contributed by atoms with E-state index in [1.54, 1.807) is 11.1 Å². The van der Waals surface area contributed by atoms with Gasteiger partial charge in [0.05, 0.1) is 17.8 Å². The van der Waals surface area contributed by atoms with Gasteiger partial charge in [-0.1, -0.05) is 6.92 Å². The van der Waals surface area contributed by atoms with Crippen molar-refractivity contribution < 1.29 is 9.53 Å². The van der Waals surface area contributed by atoms with Gasteiger partial charge in [0.15, 0.2) is 0 Å². The van der Waals surface area contributed by atoms with Crippen molar-refractivity contribution in [2.45, 2.75) is 89.3 Å². The highest BCUT2D eigenvalue weighted by Gasteiger charge is 2.45. The highest BCUT2D eigenvalue weighted by molar-refractivity contribution is 7.12. The van der Waals surface area contributed by atoms with E-state index in [0.717, 1.165) is 83.0 Å². The van der Waals surface area contributed by atoms with Crippen LogP contribution >= 0.6 is 11.3 Å². The van der Waals surface area contributed by atoms with E-state index in [9.17, 15) is 4.79 Å². The van der Waals surface area contributed by atoms with Gasteiger partial charge in [0, 0.05) is 53.2 Å². The third kappa shape index (κ3) is 4.12. The Morgan fingerprint density at radius 3 is 3.00 bits per heavy atom. The number of rotatable bonds is 5. The number of carbonyl (C=O) groups is 1. The van der Waals surface area contributed by atoms with E-state index in [1.165, 1.54) is 21.7 Å². The lowest BCUT2D eigenvalue weighted by atomic mass is 9.76. The number of nitrogens with zero attached hydrogens (tertiary/aromatic N) is 2. The Labute approximate surface area is 207 Å². The van der Waals surface area contributed by atoms with Gasteiger partial charge in [0.1, 0.15) is 0 Å². The number of nitrogens with one attached hydrogen (secondary N) is 1. The lowest BCUT2D eigenvalue weighted by molar-refractivity contribution is -0.114. The second kappa shape index (κ2) is 9.03. The number of pyridine rings is 1. The van der Waals surface area contributed by atoms with Gasteiger partial charge in [-0.3, -0.25) is 9.78 Å². The maximum absolute atomic E-state index is 12.7. The van der Waals surface area contributed by atoms with E-state index in [0.29, 0.717) is 18.0 Å². The molecular weight excluding hydrogens is 442 g/mol. The third-order valence-electron chi connectivity index (χ3n) is 8.70. The number of aromatic nitrogens is 1. The zero-order chi connectivity index (χ0) is 23.3. The first-order valence-corrected chi connectivity index (χ1v) is 14.1. The Hall–Kier alpha value is -1.76. The van der Waals surface area contributed by atoms with Crippen LogP contribution in [-0.4, -0.2) is 47.6 Å². The minimum absolute atomic E-state index is 0.0476. The molecular formula is C28H37N3O2S. The van der Waals surface area contributed by atoms with Crippen molar-refractivity contribution in [3.8, 4) is 0 Å². The van der Waals surface area contributed by atoms with Gasteiger partial charge in [-0.25, -0.2) is 0 Å². The lowest BCUT2D eigenvalue weighted by Gasteiger charge is -2.49. The third-order valence-corrected chi connectivity index (χ3v) is 10.0. The molecule has 2 aliphatic carbocycles. The molecule has 1 amide bonds. The van der Waals surface area contributed by atoms with Gasteiger partial charge in [0.2, 0.25) is 0 Å². The summed E-state index contributed by atoms with van der Waals surface area (Å²) in [5.41, 5.74) is 4.61. The number of fused-ring (bicyclic) bond motifs is 3. The molecule has 34 heavy (non-hydrogen) atoms.